The van der Waals surface area contributed by atoms with Crippen molar-refractivity contribution < 1.29 is 19.1 Å². The minimum atomic E-state index is -0.702. The summed E-state index contributed by atoms with van der Waals surface area (Å²) >= 11 is 0. The molecule has 1 aliphatic rings. The highest BCUT2D eigenvalue weighted by atomic mass is 16.5. The predicted octanol–water partition coefficient (Wildman–Crippen LogP) is 3.18. The minimum Gasteiger partial charge on any atom is -0.481 e. The number of rotatable bonds is 5. The number of anilines is 1. The number of benzene rings is 2. The fourth-order valence-electron chi connectivity index (χ4n) is 3.03. The third-order valence-corrected chi connectivity index (χ3v) is 4.73. The predicted molar refractivity (Wildman–Crippen MR) is 108 cm³/mol. The van der Waals surface area contributed by atoms with Crippen LogP contribution in [0.25, 0.3) is 0 Å². The van der Waals surface area contributed by atoms with E-state index in [1.165, 1.54) is 0 Å². The lowest BCUT2D eigenvalue weighted by molar-refractivity contribution is -0.122. The maximum Gasteiger partial charge on any atom is 0.265 e. The van der Waals surface area contributed by atoms with Crippen molar-refractivity contribution in [1.82, 2.24) is 4.90 Å². The second-order valence-electron chi connectivity index (χ2n) is 6.97. The van der Waals surface area contributed by atoms with Crippen LogP contribution in [0.15, 0.2) is 42.5 Å². The number of hydrogen-bond donors (Lipinski definition) is 1. The van der Waals surface area contributed by atoms with E-state index in [2.05, 4.69) is 5.32 Å². The third-order valence-electron chi connectivity index (χ3n) is 4.73. The summed E-state index contributed by atoms with van der Waals surface area (Å²) in [5.74, 6) is 0.269. The van der Waals surface area contributed by atoms with Crippen molar-refractivity contribution in [2.75, 3.05) is 31.6 Å². The van der Waals surface area contributed by atoms with Gasteiger partial charge in [0.25, 0.3) is 11.8 Å². The second-order valence-corrected chi connectivity index (χ2v) is 6.97. The molecule has 0 radical (unpaired) electrons. The number of carbonyl (C=O) groups is 2. The topological polar surface area (TPSA) is 67.9 Å². The monoisotopic (exact) mass is 382 g/mol. The number of ether oxygens (including phenoxy) is 2. The molecule has 2 aromatic carbocycles. The van der Waals surface area contributed by atoms with Crippen LogP contribution in [0.5, 0.6) is 5.75 Å². The van der Waals surface area contributed by atoms with Crippen LogP contribution < -0.4 is 10.1 Å². The van der Waals surface area contributed by atoms with Crippen LogP contribution >= 0.6 is 0 Å². The average Bonchev–Trinajstić information content (AvgIpc) is 2.71. The SMILES string of the molecule is Cc1ccc(C)c(O[C@@H](C)C(=O)Nc2ccccc2C(=O)N2CCOCC2)c1. The Bertz CT molecular complexity index is 859. The molecule has 0 unspecified atom stereocenters. The number of nitrogens with one attached hydrogen (secondary N) is 1. The molecule has 148 valence electrons. The first-order valence-corrected chi connectivity index (χ1v) is 9.46. The molecule has 0 saturated carbocycles. The molecular weight excluding hydrogens is 356 g/mol. The van der Waals surface area contributed by atoms with Gasteiger partial charge in [-0.3, -0.25) is 9.59 Å². The van der Waals surface area contributed by atoms with Gasteiger partial charge in [-0.2, -0.15) is 0 Å². The summed E-state index contributed by atoms with van der Waals surface area (Å²) in [5, 5.41) is 2.84. The Morgan fingerprint density at radius 2 is 1.82 bits per heavy atom. The lowest BCUT2D eigenvalue weighted by atomic mass is 10.1. The first-order chi connectivity index (χ1) is 13.5. The molecule has 2 amide bonds. The lowest BCUT2D eigenvalue weighted by Crippen LogP contribution is -2.41. The molecule has 1 aliphatic heterocycles. The molecule has 0 aromatic heterocycles. The zero-order valence-electron chi connectivity index (χ0n) is 16.5. The lowest BCUT2D eigenvalue weighted by Gasteiger charge is -2.27. The normalized spacial score (nSPS) is 15.0. The van der Waals surface area contributed by atoms with Gasteiger partial charge in [-0.15, -0.1) is 0 Å². The van der Waals surface area contributed by atoms with Crippen molar-refractivity contribution in [1.29, 1.82) is 0 Å². The van der Waals surface area contributed by atoms with Gasteiger partial charge >= 0.3 is 0 Å². The third kappa shape index (κ3) is 4.70. The Kier molecular flexibility index (Phi) is 6.31. The zero-order valence-corrected chi connectivity index (χ0v) is 16.5. The fraction of sp³-hybridized carbons (Fsp3) is 0.364. The van der Waals surface area contributed by atoms with Crippen LogP contribution in [-0.2, 0) is 9.53 Å². The first-order valence-electron chi connectivity index (χ1n) is 9.46. The Hall–Kier alpha value is -2.86. The highest BCUT2D eigenvalue weighted by Gasteiger charge is 2.23. The van der Waals surface area contributed by atoms with Gasteiger partial charge in [0.2, 0.25) is 0 Å². The van der Waals surface area contributed by atoms with Crippen LogP contribution in [0.1, 0.15) is 28.4 Å². The summed E-state index contributed by atoms with van der Waals surface area (Å²) in [5.41, 5.74) is 2.99. The number of para-hydroxylation sites is 1. The summed E-state index contributed by atoms with van der Waals surface area (Å²) in [6.45, 7) is 7.77. The van der Waals surface area contributed by atoms with Gasteiger partial charge in [0.1, 0.15) is 5.75 Å². The average molecular weight is 382 g/mol. The number of hydrogen-bond acceptors (Lipinski definition) is 4. The van der Waals surface area contributed by atoms with Crippen molar-refractivity contribution in [3.8, 4) is 5.75 Å². The number of nitrogens with zero attached hydrogens (tertiary/aromatic N) is 1. The van der Waals surface area contributed by atoms with E-state index in [1.54, 1.807) is 36.1 Å². The van der Waals surface area contributed by atoms with E-state index in [4.69, 9.17) is 9.47 Å². The van der Waals surface area contributed by atoms with E-state index in [1.807, 2.05) is 32.0 Å². The molecule has 1 heterocycles. The van der Waals surface area contributed by atoms with Crippen molar-refractivity contribution >= 4 is 17.5 Å². The van der Waals surface area contributed by atoms with Gasteiger partial charge in [0.15, 0.2) is 6.10 Å². The van der Waals surface area contributed by atoms with E-state index in [0.29, 0.717) is 43.3 Å². The molecule has 6 nitrogen and oxygen atoms in total. The Balaban J connectivity index is 1.71. The van der Waals surface area contributed by atoms with Crippen molar-refractivity contribution in [2.45, 2.75) is 26.9 Å². The van der Waals surface area contributed by atoms with Crippen LogP contribution in [0, 0.1) is 13.8 Å². The van der Waals surface area contributed by atoms with Crippen LogP contribution in [0.2, 0.25) is 0 Å². The molecule has 6 heteroatoms. The van der Waals surface area contributed by atoms with E-state index in [-0.39, 0.29) is 11.8 Å². The molecule has 1 atom stereocenters. The fourth-order valence-corrected chi connectivity index (χ4v) is 3.03. The molecule has 1 saturated heterocycles. The first kappa shape index (κ1) is 19.9. The largest absolute Gasteiger partial charge is 0.481 e. The summed E-state index contributed by atoms with van der Waals surface area (Å²) < 4.78 is 11.2. The van der Waals surface area contributed by atoms with Gasteiger partial charge in [-0.05, 0) is 50.1 Å². The summed E-state index contributed by atoms with van der Waals surface area (Å²) in [4.78, 5) is 27.3. The summed E-state index contributed by atoms with van der Waals surface area (Å²) in [6, 6.07) is 12.9. The number of morpholine rings is 1. The van der Waals surface area contributed by atoms with Gasteiger partial charge < -0.3 is 19.7 Å². The number of aryl methyl sites for hydroxylation is 2. The molecule has 0 bridgehead atoms. The second kappa shape index (κ2) is 8.89. The van der Waals surface area contributed by atoms with E-state index in [9.17, 15) is 9.59 Å². The molecule has 0 spiro atoms. The number of carbonyl (C=O) groups excluding carboxylic acids is 2. The summed E-state index contributed by atoms with van der Waals surface area (Å²) in [7, 11) is 0. The summed E-state index contributed by atoms with van der Waals surface area (Å²) in [6.07, 6.45) is -0.702. The Labute approximate surface area is 165 Å². The van der Waals surface area contributed by atoms with Gasteiger partial charge in [0.05, 0.1) is 24.5 Å². The smallest absolute Gasteiger partial charge is 0.265 e. The molecule has 1 fully saturated rings. The molecule has 2 aromatic rings. The van der Waals surface area contributed by atoms with Gasteiger partial charge in [0, 0.05) is 13.1 Å². The van der Waals surface area contributed by atoms with Gasteiger partial charge in [-0.1, -0.05) is 24.3 Å². The van der Waals surface area contributed by atoms with Crippen molar-refractivity contribution in [2.24, 2.45) is 0 Å². The molecule has 28 heavy (non-hydrogen) atoms. The van der Waals surface area contributed by atoms with Crippen molar-refractivity contribution in [3.05, 3.63) is 59.2 Å². The van der Waals surface area contributed by atoms with E-state index in [0.717, 1.165) is 11.1 Å². The molecule has 3 rings (SSSR count). The van der Waals surface area contributed by atoms with E-state index >= 15 is 0 Å². The highest BCUT2D eigenvalue weighted by molar-refractivity contribution is 6.04. The maximum absolute atomic E-state index is 12.8. The Morgan fingerprint density at radius 1 is 1.11 bits per heavy atom. The van der Waals surface area contributed by atoms with Crippen molar-refractivity contribution in [3.63, 3.8) is 0 Å². The highest BCUT2D eigenvalue weighted by Crippen LogP contribution is 2.22. The van der Waals surface area contributed by atoms with Crippen LogP contribution in [-0.4, -0.2) is 49.1 Å². The minimum absolute atomic E-state index is 0.109. The van der Waals surface area contributed by atoms with Gasteiger partial charge in [-0.25, -0.2) is 0 Å². The zero-order chi connectivity index (χ0) is 20.1. The number of amides is 2. The molecule has 0 aliphatic carbocycles. The maximum atomic E-state index is 12.8. The van der Waals surface area contributed by atoms with Crippen LogP contribution in [0.3, 0.4) is 0 Å². The molecule has 1 N–H and O–H groups in total. The Morgan fingerprint density at radius 3 is 2.57 bits per heavy atom. The molecular formula is C22H26N2O4. The van der Waals surface area contributed by atoms with E-state index < -0.39 is 6.10 Å². The standard InChI is InChI=1S/C22H26N2O4/c1-15-8-9-16(2)20(14-15)28-17(3)21(25)23-19-7-5-4-6-18(19)22(26)24-10-12-27-13-11-24/h4-9,14,17H,10-13H2,1-3H3,(H,23,25)/t17-/m0/s1. The quantitative estimate of drug-likeness (QED) is 0.862. The van der Waals surface area contributed by atoms with Crippen LogP contribution in [0.4, 0.5) is 5.69 Å².